The Labute approximate surface area is 254 Å². The van der Waals surface area contributed by atoms with Gasteiger partial charge in [-0.15, -0.1) is 0 Å². The van der Waals surface area contributed by atoms with Crippen LogP contribution in [0.1, 0.15) is 74.8 Å². The van der Waals surface area contributed by atoms with Crippen molar-refractivity contribution in [3.63, 3.8) is 0 Å². The average Bonchev–Trinajstić information content (AvgIpc) is 3.02. The molecule has 0 spiro atoms. The van der Waals surface area contributed by atoms with Crippen molar-refractivity contribution in [2.45, 2.75) is 59.0 Å². The van der Waals surface area contributed by atoms with E-state index in [1.54, 1.807) is 0 Å². The summed E-state index contributed by atoms with van der Waals surface area (Å²) in [5.41, 5.74) is 7.82. The molecule has 0 bridgehead atoms. The van der Waals surface area contributed by atoms with Crippen LogP contribution in [0.2, 0.25) is 0 Å². The van der Waals surface area contributed by atoms with E-state index in [0.717, 1.165) is 6.54 Å². The van der Waals surface area contributed by atoms with Gasteiger partial charge in [-0.05, 0) is 70.9 Å². The topological polar surface area (TPSA) is 24.1 Å². The van der Waals surface area contributed by atoms with Crippen LogP contribution in [-0.2, 0) is 6.54 Å². The molecule has 0 heterocycles. The Morgan fingerprint density at radius 2 is 1.02 bits per heavy atom. The molecule has 0 aliphatic heterocycles. The zero-order chi connectivity index (χ0) is 29.5. The molecule has 2 nitrogen and oxygen atoms in total. The van der Waals surface area contributed by atoms with Gasteiger partial charge in [0, 0.05) is 24.0 Å². The molecular formula is C39H43N2P. The monoisotopic (exact) mass is 570 g/mol. The van der Waals surface area contributed by atoms with Crippen LogP contribution in [0.15, 0.2) is 127 Å². The summed E-state index contributed by atoms with van der Waals surface area (Å²) >= 11 is 0. The molecule has 42 heavy (non-hydrogen) atoms. The van der Waals surface area contributed by atoms with E-state index >= 15 is 0 Å². The van der Waals surface area contributed by atoms with E-state index in [0.29, 0.717) is 11.8 Å². The third-order valence-corrected chi connectivity index (χ3v) is 10.4. The SMILES string of the molecule is CC(C)c1cccc(C(C)C)c1NCc1ccccc1N[C@@H](C)c1ccccc1P(c1ccccc1)c1ccccc1. The van der Waals surface area contributed by atoms with Gasteiger partial charge in [-0.2, -0.15) is 0 Å². The fourth-order valence-corrected chi connectivity index (χ4v) is 8.26. The highest BCUT2D eigenvalue weighted by Crippen LogP contribution is 2.37. The molecule has 0 fully saturated rings. The van der Waals surface area contributed by atoms with Crippen molar-refractivity contribution < 1.29 is 0 Å². The van der Waals surface area contributed by atoms with Crippen LogP contribution in [0.4, 0.5) is 11.4 Å². The van der Waals surface area contributed by atoms with E-state index < -0.39 is 7.92 Å². The zero-order valence-electron chi connectivity index (χ0n) is 25.5. The van der Waals surface area contributed by atoms with Crippen molar-refractivity contribution in [1.29, 1.82) is 0 Å². The average molecular weight is 571 g/mol. The van der Waals surface area contributed by atoms with E-state index in [-0.39, 0.29) is 6.04 Å². The van der Waals surface area contributed by atoms with Gasteiger partial charge in [-0.1, -0.05) is 149 Å². The van der Waals surface area contributed by atoms with Gasteiger partial charge in [-0.25, -0.2) is 0 Å². The first-order valence-electron chi connectivity index (χ1n) is 15.1. The number of hydrogen-bond donors (Lipinski definition) is 2. The third-order valence-electron chi connectivity index (χ3n) is 7.89. The quantitative estimate of drug-likeness (QED) is 0.155. The molecule has 2 N–H and O–H groups in total. The van der Waals surface area contributed by atoms with Crippen LogP contribution in [0.5, 0.6) is 0 Å². The van der Waals surface area contributed by atoms with Crippen molar-refractivity contribution in [2.24, 2.45) is 0 Å². The van der Waals surface area contributed by atoms with Crippen LogP contribution >= 0.6 is 7.92 Å². The Hall–Kier alpha value is -3.87. The van der Waals surface area contributed by atoms with E-state index in [4.69, 9.17) is 0 Å². The highest BCUT2D eigenvalue weighted by Gasteiger charge is 2.22. The minimum absolute atomic E-state index is 0.133. The molecule has 0 amide bonds. The molecule has 0 saturated carbocycles. The first-order chi connectivity index (χ1) is 20.4. The van der Waals surface area contributed by atoms with Crippen molar-refractivity contribution in [3.8, 4) is 0 Å². The summed E-state index contributed by atoms with van der Waals surface area (Å²) in [5, 5.41) is 11.9. The van der Waals surface area contributed by atoms with E-state index in [9.17, 15) is 0 Å². The van der Waals surface area contributed by atoms with Crippen molar-refractivity contribution in [1.82, 2.24) is 0 Å². The van der Waals surface area contributed by atoms with E-state index in [2.05, 4.69) is 173 Å². The Balaban J connectivity index is 1.45. The van der Waals surface area contributed by atoms with Crippen molar-refractivity contribution in [3.05, 3.63) is 150 Å². The lowest BCUT2D eigenvalue weighted by molar-refractivity contribution is 0.832. The Bertz CT molecular complexity index is 1510. The first-order valence-corrected chi connectivity index (χ1v) is 16.5. The summed E-state index contributed by atoms with van der Waals surface area (Å²) in [4.78, 5) is 0. The van der Waals surface area contributed by atoms with Crippen LogP contribution in [-0.4, -0.2) is 0 Å². The molecule has 0 aliphatic rings. The number of rotatable bonds is 11. The Morgan fingerprint density at radius 1 is 0.524 bits per heavy atom. The molecule has 0 aliphatic carbocycles. The zero-order valence-corrected chi connectivity index (χ0v) is 26.4. The number of hydrogen-bond acceptors (Lipinski definition) is 2. The van der Waals surface area contributed by atoms with Gasteiger partial charge in [-0.3, -0.25) is 0 Å². The normalized spacial score (nSPS) is 12.1. The maximum absolute atomic E-state index is 3.91. The first kappa shape index (κ1) is 29.6. The summed E-state index contributed by atoms with van der Waals surface area (Å²) in [6.45, 7) is 12.2. The van der Waals surface area contributed by atoms with Crippen LogP contribution in [0.3, 0.4) is 0 Å². The second kappa shape index (κ2) is 13.9. The smallest absolute Gasteiger partial charge is 0.0492 e. The molecule has 0 unspecified atom stereocenters. The highest BCUT2D eigenvalue weighted by molar-refractivity contribution is 7.79. The summed E-state index contributed by atoms with van der Waals surface area (Å²) < 4.78 is 0. The summed E-state index contributed by atoms with van der Waals surface area (Å²) in [7, 11) is -0.691. The summed E-state index contributed by atoms with van der Waals surface area (Å²) in [6, 6.07) is 46.5. The van der Waals surface area contributed by atoms with Crippen molar-refractivity contribution >= 4 is 35.2 Å². The van der Waals surface area contributed by atoms with Gasteiger partial charge in [0.15, 0.2) is 0 Å². The molecule has 0 saturated heterocycles. The van der Waals surface area contributed by atoms with Gasteiger partial charge in [0.1, 0.15) is 0 Å². The predicted molar refractivity (Wildman–Crippen MR) is 186 cm³/mol. The fraction of sp³-hybridized carbons (Fsp3) is 0.231. The number of para-hydroxylation sites is 2. The standard InChI is InChI=1S/C39H43N2P/c1-28(2)34-23-16-24-35(29(3)4)39(34)40-27-31-17-12-14-25-37(31)41-30(5)36-22-13-15-26-38(36)42(32-18-8-6-9-19-32)33-20-10-7-11-21-33/h6-26,28-30,40-41H,27H2,1-5H3/t30-/m0/s1. The van der Waals surface area contributed by atoms with Gasteiger partial charge >= 0.3 is 0 Å². The molecule has 5 rings (SSSR count). The van der Waals surface area contributed by atoms with Crippen LogP contribution < -0.4 is 26.5 Å². The highest BCUT2D eigenvalue weighted by atomic mass is 31.1. The fourth-order valence-electron chi connectivity index (χ4n) is 5.70. The summed E-state index contributed by atoms with van der Waals surface area (Å²) in [5.74, 6) is 0.917. The molecule has 5 aromatic carbocycles. The van der Waals surface area contributed by atoms with Crippen molar-refractivity contribution in [2.75, 3.05) is 10.6 Å². The van der Waals surface area contributed by atoms with Gasteiger partial charge in [0.25, 0.3) is 0 Å². The van der Waals surface area contributed by atoms with Crippen LogP contribution in [0, 0.1) is 0 Å². The predicted octanol–water partition coefficient (Wildman–Crippen LogP) is 9.48. The van der Waals surface area contributed by atoms with E-state index in [1.165, 1.54) is 49.5 Å². The Morgan fingerprint density at radius 3 is 1.62 bits per heavy atom. The molecule has 3 heteroatoms. The molecular weight excluding hydrogens is 527 g/mol. The van der Waals surface area contributed by atoms with Gasteiger partial charge in [0.2, 0.25) is 0 Å². The minimum atomic E-state index is -0.691. The maximum atomic E-state index is 3.91. The number of benzene rings is 5. The summed E-state index contributed by atoms with van der Waals surface area (Å²) in [6.07, 6.45) is 0. The molecule has 0 radical (unpaired) electrons. The van der Waals surface area contributed by atoms with Gasteiger partial charge in [0.05, 0.1) is 0 Å². The Kier molecular flexibility index (Phi) is 9.78. The lowest BCUT2D eigenvalue weighted by Gasteiger charge is -2.26. The molecule has 0 aromatic heterocycles. The van der Waals surface area contributed by atoms with E-state index in [1.807, 2.05) is 0 Å². The second-order valence-electron chi connectivity index (χ2n) is 11.6. The number of anilines is 2. The van der Waals surface area contributed by atoms with Gasteiger partial charge < -0.3 is 10.6 Å². The largest absolute Gasteiger partial charge is 0.380 e. The third kappa shape index (κ3) is 6.77. The van der Waals surface area contributed by atoms with Crippen LogP contribution in [0.25, 0.3) is 0 Å². The number of nitrogens with one attached hydrogen (secondary N) is 2. The lowest BCUT2D eigenvalue weighted by Crippen LogP contribution is -2.25. The maximum Gasteiger partial charge on any atom is 0.0492 e. The second-order valence-corrected chi connectivity index (χ2v) is 13.7. The molecule has 214 valence electrons. The molecule has 5 aromatic rings. The molecule has 1 atom stereocenters. The minimum Gasteiger partial charge on any atom is -0.380 e. The lowest BCUT2D eigenvalue weighted by atomic mass is 9.92.